The van der Waals surface area contributed by atoms with Gasteiger partial charge in [-0.3, -0.25) is 9.59 Å². The van der Waals surface area contributed by atoms with E-state index in [1.807, 2.05) is 6.92 Å². The Kier molecular flexibility index (Phi) is 4.79. The second-order valence-electron chi connectivity index (χ2n) is 5.44. The second kappa shape index (κ2) is 6.24. The molecule has 1 saturated heterocycles. The van der Waals surface area contributed by atoms with Gasteiger partial charge < -0.3 is 10.0 Å². The molecule has 21 heavy (non-hydrogen) atoms. The molecule has 0 spiro atoms. The lowest BCUT2D eigenvalue weighted by atomic mass is 9.83. The maximum absolute atomic E-state index is 12.5. The summed E-state index contributed by atoms with van der Waals surface area (Å²) in [6, 6.07) is 4.71. The van der Waals surface area contributed by atoms with Crippen molar-refractivity contribution in [2.45, 2.75) is 26.2 Å². The average molecular weight is 330 g/mol. The first-order valence-electron chi connectivity index (χ1n) is 6.87. The molecule has 1 atom stereocenters. The SMILES string of the molecule is CCCC1(C(=O)O)CCN(C(=O)c2cc(Cl)ccc2Cl)C1. The van der Waals surface area contributed by atoms with Gasteiger partial charge in [-0.1, -0.05) is 36.5 Å². The van der Waals surface area contributed by atoms with Gasteiger partial charge >= 0.3 is 5.97 Å². The normalized spacial score (nSPS) is 21.6. The molecule has 6 heteroatoms. The molecule has 4 nitrogen and oxygen atoms in total. The summed E-state index contributed by atoms with van der Waals surface area (Å²) < 4.78 is 0. The molecule has 1 unspecified atom stereocenters. The minimum Gasteiger partial charge on any atom is -0.481 e. The average Bonchev–Trinajstić information content (AvgIpc) is 2.87. The molecule has 1 aliphatic rings. The third-order valence-corrected chi connectivity index (χ3v) is 4.55. The van der Waals surface area contributed by atoms with Gasteiger partial charge in [-0.05, 0) is 31.0 Å². The molecule has 1 aromatic carbocycles. The Morgan fingerprint density at radius 1 is 1.38 bits per heavy atom. The molecular weight excluding hydrogens is 313 g/mol. The molecule has 1 fully saturated rings. The predicted molar refractivity (Wildman–Crippen MR) is 82.0 cm³/mol. The van der Waals surface area contributed by atoms with Gasteiger partial charge in [-0.25, -0.2) is 0 Å². The maximum Gasteiger partial charge on any atom is 0.311 e. The summed E-state index contributed by atoms with van der Waals surface area (Å²) in [5.74, 6) is -1.10. The summed E-state index contributed by atoms with van der Waals surface area (Å²) in [6.45, 7) is 2.59. The molecule has 2 rings (SSSR count). The number of nitrogens with zero attached hydrogens (tertiary/aromatic N) is 1. The van der Waals surface area contributed by atoms with E-state index in [0.717, 1.165) is 6.42 Å². The van der Waals surface area contributed by atoms with Crippen molar-refractivity contribution in [3.63, 3.8) is 0 Å². The third-order valence-electron chi connectivity index (χ3n) is 3.98. The predicted octanol–water partition coefficient (Wildman–Crippen LogP) is 3.71. The van der Waals surface area contributed by atoms with Crippen LogP contribution in [0.5, 0.6) is 0 Å². The van der Waals surface area contributed by atoms with Crippen LogP contribution in [0.3, 0.4) is 0 Å². The Morgan fingerprint density at radius 3 is 2.71 bits per heavy atom. The number of halogens is 2. The van der Waals surface area contributed by atoms with Crippen LogP contribution in [-0.4, -0.2) is 35.0 Å². The van der Waals surface area contributed by atoms with Gasteiger partial charge in [0.1, 0.15) is 0 Å². The van der Waals surface area contributed by atoms with Gasteiger partial charge in [0.05, 0.1) is 16.0 Å². The topological polar surface area (TPSA) is 57.6 Å². The first-order valence-corrected chi connectivity index (χ1v) is 7.63. The number of carboxylic acid groups (broad SMARTS) is 1. The van der Waals surface area contributed by atoms with E-state index >= 15 is 0 Å². The fraction of sp³-hybridized carbons (Fsp3) is 0.467. The van der Waals surface area contributed by atoms with Crippen LogP contribution < -0.4 is 0 Å². The molecule has 0 aliphatic carbocycles. The Balaban J connectivity index is 2.22. The largest absolute Gasteiger partial charge is 0.481 e. The van der Waals surface area contributed by atoms with E-state index < -0.39 is 11.4 Å². The standard InChI is InChI=1S/C15H17Cl2NO3/c1-2-5-15(14(20)21)6-7-18(9-15)13(19)11-8-10(16)3-4-12(11)17/h3-4,8H,2,5-7,9H2,1H3,(H,20,21). The summed E-state index contributed by atoms with van der Waals surface area (Å²) in [5.41, 5.74) is -0.517. The highest BCUT2D eigenvalue weighted by Crippen LogP contribution is 2.36. The van der Waals surface area contributed by atoms with Crippen molar-refractivity contribution in [1.82, 2.24) is 4.90 Å². The fourth-order valence-corrected chi connectivity index (χ4v) is 3.21. The molecule has 0 radical (unpaired) electrons. The molecule has 1 N–H and O–H groups in total. The number of hydrogen-bond donors (Lipinski definition) is 1. The zero-order valence-electron chi connectivity index (χ0n) is 11.7. The first-order chi connectivity index (χ1) is 9.89. The number of benzene rings is 1. The number of hydrogen-bond acceptors (Lipinski definition) is 2. The van der Waals surface area contributed by atoms with Crippen LogP contribution in [0.15, 0.2) is 18.2 Å². The monoisotopic (exact) mass is 329 g/mol. The lowest BCUT2D eigenvalue weighted by molar-refractivity contribution is -0.148. The van der Waals surface area contributed by atoms with Gasteiger partial charge in [0.25, 0.3) is 5.91 Å². The molecule has 1 aliphatic heterocycles. The lowest BCUT2D eigenvalue weighted by Crippen LogP contribution is -2.37. The van der Waals surface area contributed by atoms with Crippen molar-refractivity contribution < 1.29 is 14.7 Å². The molecule has 1 aromatic rings. The van der Waals surface area contributed by atoms with E-state index in [2.05, 4.69) is 0 Å². The zero-order valence-corrected chi connectivity index (χ0v) is 13.2. The lowest BCUT2D eigenvalue weighted by Gasteiger charge is -2.24. The Hall–Kier alpha value is -1.26. The van der Waals surface area contributed by atoms with Gasteiger partial charge in [-0.15, -0.1) is 0 Å². The van der Waals surface area contributed by atoms with Crippen LogP contribution >= 0.6 is 23.2 Å². The van der Waals surface area contributed by atoms with E-state index in [1.54, 1.807) is 17.0 Å². The van der Waals surface area contributed by atoms with Crippen molar-refractivity contribution >= 4 is 35.1 Å². The van der Waals surface area contributed by atoms with Gasteiger partial charge in [0.2, 0.25) is 0 Å². The Morgan fingerprint density at radius 2 is 2.10 bits per heavy atom. The number of aliphatic carboxylic acids is 1. The van der Waals surface area contributed by atoms with Crippen molar-refractivity contribution in [2.24, 2.45) is 5.41 Å². The first kappa shape index (κ1) is 16.1. The Labute approximate surface area is 133 Å². The molecule has 1 amide bonds. The molecule has 1 heterocycles. The molecule has 0 aromatic heterocycles. The fourth-order valence-electron chi connectivity index (χ4n) is 2.84. The molecule has 114 valence electrons. The minimum absolute atomic E-state index is 0.220. The van der Waals surface area contributed by atoms with Crippen LogP contribution in [-0.2, 0) is 4.79 Å². The summed E-state index contributed by atoms with van der Waals surface area (Å²) in [7, 11) is 0. The number of carboxylic acids is 1. The summed E-state index contributed by atoms with van der Waals surface area (Å²) in [5, 5.41) is 10.2. The number of likely N-dealkylation sites (tertiary alicyclic amines) is 1. The van der Waals surface area contributed by atoms with E-state index in [1.165, 1.54) is 6.07 Å². The van der Waals surface area contributed by atoms with Crippen LogP contribution in [0.25, 0.3) is 0 Å². The minimum atomic E-state index is -0.838. The number of amides is 1. The quantitative estimate of drug-likeness (QED) is 0.915. The van der Waals surface area contributed by atoms with Crippen LogP contribution in [0.4, 0.5) is 0 Å². The highest BCUT2D eigenvalue weighted by Gasteiger charge is 2.45. The van der Waals surface area contributed by atoms with E-state index in [-0.39, 0.29) is 12.5 Å². The smallest absolute Gasteiger partial charge is 0.311 e. The molecular formula is C15H17Cl2NO3. The number of carbonyl (C=O) groups excluding carboxylic acids is 1. The molecule has 0 saturated carbocycles. The number of carbonyl (C=O) groups is 2. The van der Waals surface area contributed by atoms with E-state index in [0.29, 0.717) is 35.0 Å². The zero-order chi connectivity index (χ0) is 15.6. The molecule has 0 bridgehead atoms. The van der Waals surface area contributed by atoms with Gasteiger partial charge in [0, 0.05) is 18.1 Å². The van der Waals surface area contributed by atoms with Crippen molar-refractivity contribution in [2.75, 3.05) is 13.1 Å². The van der Waals surface area contributed by atoms with Crippen LogP contribution in [0, 0.1) is 5.41 Å². The summed E-state index contributed by atoms with van der Waals surface area (Å²) >= 11 is 11.9. The summed E-state index contributed by atoms with van der Waals surface area (Å²) in [4.78, 5) is 25.6. The van der Waals surface area contributed by atoms with Crippen LogP contribution in [0.2, 0.25) is 10.0 Å². The Bertz CT molecular complexity index is 576. The maximum atomic E-state index is 12.5. The van der Waals surface area contributed by atoms with Gasteiger partial charge in [0.15, 0.2) is 0 Å². The number of rotatable bonds is 4. The van der Waals surface area contributed by atoms with E-state index in [4.69, 9.17) is 23.2 Å². The summed E-state index contributed by atoms with van der Waals surface area (Å²) in [6.07, 6.45) is 1.81. The third kappa shape index (κ3) is 3.16. The van der Waals surface area contributed by atoms with E-state index in [9.17, 15) is 14.7 Å². The highest BCUT2D eigenvalue weighted by atomic mass is 35.5. The van der Waals surface area contributed by atoms with Crippen molar-refractivity contribution in [3.05, 3.63) is 33.8 Å². The van der Waals surface area contributed by atoms with Crippen LogP contribution in [0.1, 0.15) is 36.5 Å². The second-order valence-corrected chi connectivity index (χ2v) is 6.28. The highest BCUT2D eigenvalue weighted by molar-refractivity contribution is 6.35. The van der Waals surface area contributed by atoms with Gasteiger partial charge in [-0.2, -0.15) is 0 Å². The van der Waals surface area contributed by atoms with Crippen molar-refractivity contribution in [1.29, 1.82) is 0 Å². The van der Waals surface area contributed by atoms with Crippen molar-refractivity contribution in [3.8, 4) is 0 Å².